The number of hydrogen-bond donors (Lipinski definition) is 0. The molecule has 2 aliphatic heterocycles. The number of anilines is 1. The van der Waals surface area contributed by atoms with Crippen molar-refractivity contribution in [1.29, 1.82) is 0 Å². The molecule has 0 spiro atoms. The topological polar surface area (TPSA) is 93.2 Å². The number of esters is 1. The summed E-state index contributed by atoms with van der Waals surface area (Å²) >= 11 is 0. The van der Waals surface area contributed by atoms with Crippen LogP contribution in [0.2, 0.25) is 0 Å². The highest BCUT2D eigenvalue weighted by atomic mass is 32.2. The molecule has 0 aromatic heterocycles. The minimum atomic E-state index is -3.58. The fourth-order valence-electron chi connectivity index (χ4n) is 4.00. The first-order valence-electron chi connectivity index (χ1n) is 10.1. The molecule has 1 fully saturated rings. The average Bonchev–Trinajstić information content (AvgIpc) is 2.83. The standard InChI is InChI=1S/C22H24N2O6S/c1-29-22(26)20-15-24(18-9-5-6-10-19(18)30-20)21(25)16-11-13-23(14-12-16)31(27,28)17-7-3-2-4-8-17/h2-10,16,20H,11-15H2,1H3. The summed E-state index contributed by atoms with van der Waals surface area (Å²) in [6.07, 6.45) is -0.0805. The number of carbonyl (C=O) groups is 2. The summed E-state index contributed by atoms with van der Waals surface area (Å²) < 4.78 is 37.6. The first-order chi connectivity index (χ1) is 14.9. The zero-order valence-corrected chi connectivity index (χ0v) is 18.0. The second kappa shape index (κ2) is 8.68. The molecule has 2 aromatic rings. The summed E-state index contributed by atoms with van der Waals surface area (Å²) in [6.45, 7) is 0.588. The summed E-state index contributed by atoms with van der Waals surface area (Å²) in [5.74, 6) is -0.578. The van der Waals surface area contributed by atoms with E-state index in [1.54, 1.807) is 59.5 Å². The van der Waals surface area contributed by atoms with Gasteiger partial charge in [-0.2, -0.15) is 4.31 Å². The lowest BCUT2D eigenvalue weighted by Gasteiger charge is -2.37. The van der Waals surface area contributed by atoms with Crippen LogP contribution in [0.15, 0.2) is 59.5 Å². The minimum absolute atomic E-state index is 0.0606. The van der Waals surface area contributed by atoms with E-state index < -0.39 is 22.1 Å². The van der Waals surface area contributed by atoms with Gasteiger partial charge in [0, 0.05) is 19.0 Å². The molecule has 0 aliphatic carbocycles. The van der Waals surface area contributed by atoms with Gasteiger partial charge in [0.2, 0.25) is 22.0 Å². The quantitative estimate of drug-likeness (QED) is 0.670. The Morgan fingerprint density at radius 3 is 2.32 bits per heavy atom. The van der Waals surface area contributed by atoms with Crippen LogP contribution in [0.5, 0.6) is 5.75 Å². The lowest BCUT2D eigenvalue weighted by molar-refractivity contribution is -0.148. The number of benzene rings is 2. The molecule has 2 aliphatic rings. The normalized spacial score (nSPS) is 19.9. The molecule has 8 nitrogen and oxygen atoms in total. The number of ether oxygens (including phenoxy) is 2. The summed E-state index contributed by atoms with van der Waals surface area (Å²) in [4.78, 5) is 27.2. The fourth-order valence-corrected chi connectivity index (χ4v) is 5.49. The van der Waals surface area contributed by atoms with Crippen LogP contribution in [-0.2, 0) is 24.3 Å². The molecule has 0 radical (unpaired) electrons. The number of sulfonamides is 1. The van der Waals surface area contributed by atoms with E-state index in [2.05, 4.69) is 0 Å². The van der Waals surface area contributed by atoms with Crippen molar-refractivity contribution in [2.75, 3.05) is 31.6 Å². The van der Waals surface area contributed by atoms with E-state index in [0.717, 1.165) is 0 Å². The zero-order valence-electron chi connectivity index (χ0n) is 17.1. The van der Waals surface area contributed by atoms with E-state index in [9.17, 15) is 18.0 Å². The minimum Gasteiger partial charge on any atom is -0.475 e. The first-order valence-corrected chi connectivity index (χ1v) is 11.6. The highest BCUT2D eigenvalue weighted by Gasteiger charge is 2.39. The van der Waals surface area contributed by atoms with Crippen molar-refractivity contribution >= 4 is 27.6 Å². The Morgan fingerprint density at radius 2 is 1.65 bits per heavy atom. The van der Waals surface area contributed by atoms with E-state index >= 15 is 0 Å². The molecule has 0 N–H and O–H groups in total. The maximum Gasteiger partial charge on any atom is 0.348 e. The van der Waals surface area contributed by atoms with E-state index in [1.807, 2.05) is 0 Å². The summed E-state index contributed by atoms with van der Waals surface area (Å²) in [7, 11) is -2.30. The van der Waals surface area contributed by atoms with Gasteiger partial charge in [-0.05, 0) is 37.1 Å². The van der Waals surface area contributed by atoms with Crippen LogP contribution >= 0.6 is 0 Å². The number of amides is 1. The Hall–Kier alpha value is -2.91. The molecule has 9 heteroatoms. The number of para-hydroxylation sites is 2. The summed E-state index contributed by atoms with van der Waals surface area (Å²) in [5, 5.41) is 0. The molecule has 1 unspecified atom stereocenters. The van der Waals surface area contributed by atoms with Crippen molar-refractivity contribution in [3.63, 3.8) is 0 Å². The van der Waals surface area contributed by atoms with Crippen molar-refractivity contribution < 1.29 is 27.5 Å². The smallest absolute Gasteiger partial charge is 0.348 e. The third-order valence-corrected chi connectivity index (χ3v) is 7.60. The van der Waals surface area contributed by atoms with Gasteiger partial charge in [0.25, 0.3) is 0 Å². The third kappa shape index (κ3) is 4.15. The number of hydrogen-bond acceptors (Lipinski definition) is 6. The summed E-state index contributed by atoms with van der Waals surface area (Å²) in [6, 6.07) is 15.4. The molecule has 1 saturated heterocycles. The van der Waals surface area contributed by atoms with Crippen LogP contribution in [0.1, 0.15) is 12.8 Å². The predicted octanol–water partition coefficient (Wildman–Crippen LogP) is 2.05. The maximum absolute atomic E-state index is 13.3. The van der Waals surface area contributed by atoms with Crippen LogP contribution in [-0.4, -0.2) is 57.4 Å². The van der Waals surface area contributed by atoms with Crippen LogP contribution in [0.4, 0.5) is 5.69 Å². The highest BCUT2D eigenvalue weighted by molar-refractivity contribution is 7.89. The lowest BCUT2D eigenvalue weighted by Crippen LogP contribution is -2.51. The van der Waals surface area contributed by atoms with Crippen molar-refractivity contribution in [2.45, 2.75) is 23.8 Å². The molecule has 2 aromatic carbocycles. The van der Waals surface area contributed by atoms with Crippen LogP contribution in [0.25, 0.3) is 0 Å². The number of nitrogens with zero attached hydrogens (tertiary/aromatic N) is 2. The van der Waals surface area contributed by atoms with E-state index in [0.29, 0.717) is 24.3 Å². The van der Waals surface area contributed by atoms with Gasteiger partial charge in [-0.15, -0.1) is 0 Å². The van der Waals surface area contributed by atoms with Crippen molar-refractivity contribution in [2.24, 2.45) is 5.92 Å². The maximum atomic E-state index is 13.3. The van der Waals surface area contributed by atoms with Gasteiger partial charge >= 0.3 is 5.97 Å². The van der Waals surface area contributed by atoms with Gasteiger partial charge in [0.1, 0.15) is 5.75 Å². The monoisotopic (exact) mass is 444 g/mol. The van der Waals surface area contributed by atoms with Gasteiger partial charge < -0.3 is 14.4 Å². The number of carbonyl (C=O) groups excluding carboxylic acids is 2. The molecule has 1 amide bonds. The van der Waals surface area contributed by atoms with E-state index in [1.165, 1.54) is 11.4 Å². The fraction of sp³-hybridized carbons (Fsp3) is 0.364. The Labute approximate surface area is 181 Å². The summed E-state index contributed by atoms with van der Waals surface area (Å²) in [5.41, 5.74) is 0.604. The van der Waals surface area contributed by atoms with Gasteiger partial charge in [-0.3, -0.25) is 4.79 Å². The van der Waals surface area contributed by atoms with Gasteiger partial charge in [-0.25, -0.2) is 13.2 Å². The molecule has 0 saturated carbocycles. The molecule has 2 heterocycles. The Morgan fingerprint density at radius 1 is 1.00 bits per heavy atom. The SMILES string of the molecule is COC(=O)C1CN(C(=O)C2CCN(S(=O)(=O)c3ccccc3)CC2)c2ccccc2O1. The number of methoxy groups -OCH3 is 1. The third-order valence-electron chi connectivity index (χ3n) is 5.69. The Kier molecular flexibility index (Phi) is 5.97. The van der Waals surface area contributed by atoms with Gasteiger partial charge in [-0.1, -0.05) is 30.3 Å². The second-order valence-corrected chi connectivity index (χ2v) is 9.48. The predicted molar refractivity (Wildman–Crippen MR) is 113 cm³/mol. The zero-order chi connectivity index (χ0) is 22.0. The second-order valence-electron chi connectivity index (χ2n) is 7.54. The lowest BCUT2D eigenvalue weighted by atomic mass is 9.95. The highest BCUT2D eigenvalue weighted by Crippen LogP contribution is 2.35. The molecular formula is C22H24N2O6S. The molecule has 0 bridgehead atoms. The van der Waals surface area contributed by atoms with Gasteiger partial charge in [0.05, 0.1) is 24.2 Å². The molecule has 4 rings (SSSR count). The Bertz CT molecular complexity index is 1060. The number of fused-ring (bicyclic) bond motifs is 1. The van der Waals surface area contributed by atoms with Crippen LogP contribution in [0.3, 0.4) is 0 Å². The van der Waals surface area contributed by atoms with Crippen LogP contribution < -0.4 is 9.64 Å². The largest absolute Gasteiger partial charge is 0.475 e. The first kappa shape index (κ1) is 21.3. The van der Waals surface area contributed by atoms with Crippen molar-refractivity contribution in [3.05, 3.63) is 54.6 Å². The van der Waals surface area contributed by atoms with Crippen LogP contribution in [0, 0.1) is 5.92 Å². The number of piperidine rings is 1. The molecule has 164 valence electrons. The van der Waals surface area contributed by atoms with E-state index in [-0.39, 0.29) is 36.4 Å². The number of rotatable bonds is 4. The molecule has 1 atom stereocenters. The van der Waals surface area contributed by atoms with Gasteiger partial charge in [0.15, 0.2) is 0 Å². The van der Waals surface area contributed by atoms with Crippen molar-refractivity contribution in [1.82, 2.24) is 4.31 Å². The average molecular weight is 445 g/mol. The molecule has 31 heavy (non-hydrogen) atoms. The van der Waals surface area contributed by atoms with E-state index in [4.69, 9.17) is 9.47 Å². The molecular weight excluding hydrogens is 420 g/mol. The Balaban J connectivity index is 1.49. The van der Waals surface area contributed by atoms with Crippen molar-refractivity contribution in [3.8, 4) is 5.75 Å².